The summed E-state index contributed by atoms with van der Waals surface area (Å²) in [6, 6.07) is 8.97. The number of rotatable bonds is 3. The van der Waals surface area contributed by atoms with Crippen LogP contribution in [0.1, 0.15) is 10.4 Å². The fraction of sp³-hybridized carbons (Fsp3) is 0. The van der Waals surface area contributed by atoms with E-state index in [4.69, 9.17) is 4.42 Å². The van der Waals surface area contributed by atoms with Crippen molar-refractivity contribution in [3.63, 3.8) is 0 Å². The number of aromatic nitrogens is 3. The van der Waals surface area contributed by atoms with Crippen molar-refractivity contribution < 1.29 is 13.6 Å². The topological polar surface area (TPSA) is 80.9 Å². The van der Waals surface area contributed by atoms with Crippen LogP contribution in [0.2, 0.25) is 0 Å². The molecule has 0 saturated carbocycles. The number of carbonyl (C=O) groups is 1. The molecule has 0 atom stereocenters. The van der Waals surface area contributed by atoms with Crippen molar-refractivity contribution in [3.8, 4) is 11.5 Å². The van der Waals surface area contributed by atoms with Gasteiger partial charge in [0.2, 0.25) is 0 Å². The Kier molecular flexibility index (Phi) is 3.38. The van der Waals surface area contributed by atoms with E-state index in [9.17, 15) is 9.18 Å². The number of nitrogens with zero attached hydrogens (tertiary/aromatic N) is 3. The quantitative estimate of drug-likeness (QED) is 0.799. The Morgan fingerprint density at radius 3 is 2.76 bits per heavy atom. The largest absolute Gasteiger partial charge is 0.403 e. The molecule has 104 valence electrons. The van der Waals surface area contributed by atoms with Gasteiger partial charge in [0.1, 0.15) is 5.82 Å². The van der Waals surface area contributed by atoms with Crippen LogP contribution in [-0.4, -0.2) is 21.1 Å². The molecule has 0 saturated heterocycles. The Bertz CT molecular complexity index is 773. The van der Waals surface area contributed by atoms with Gasteiger partial charge in [-0.3, -0.25) is 15.1 Å². The zero-order valence-corrected chi connectivity index (χ0v) is 10.7. The molecule has 0 radical (unpaired) electrons. The minimum absolute atomic E-state index is 0.0985. The average Bonchev–Trinajstić information content (AvgIpc) is 2.97. The molecule has 6 nitrogen and oxygen atoms in total. The number of pyridine rings is 1. The van der Waals surface area contributed by atoms with Crippen LogP contribution in [0.5, 0.6) is 0 Å². The van der Waals surface area contributed by atoms with Gasteiger partial charge in [0.25, 0.3) is 11.8 Å². The Labute approximate surface area is 118 Å². The van der Waals surface area contributed by atoms with E-state index in [0.717, 1.165) is 0 Å². The molecule has 0 spiro atoms. The number of benzene rings is 1. The first-order valence-electron chi connectivity index (χ1n) is 6.04. The highest BCUT2D eigenvalue weighted by atomic mass is 19.1. The summed E-state index contributed by atoms with van der Waals surface area (Å²) in [6.45, 7) is 0. The summed E-state index contributed by atoms with van der Waals surface area (Å²) in [4.78, 5) is 15.8. The van der Waals surface area contributed by atoms with Crippen LogP contribution in [0, 0.1) is 5.82 Å². The van der Waals surface area contributed by atoms with Gasteiger partial charge in [-0.25, -0.2) is 4.39 Å². The highest BCUT2D eigenvalue weighted by Gasteiger charge is 2.15. The minimum atomic E-state index is -0.658. The molecule has 0 bridgehead atoms. The van der Waals surface area contributed by atoms with Crippen molar-refractivity contribution in [3.05, 3.63) is 60.2 Å². The fourth-order valence-corrected chi connectivity index (χ4v) is 1.69. The number of carbonyl (C=O) groups excluding carboxylic acids is 1. The zero-order chi connectivity index (χ0) is 14.7. The molecule has 0 aliphatic rings. The molecule has 0 unspecified atom stereocenters. The van der Waals surface area contributed by atoms with Gasteiger partial charge in [0.15, 0.2) is 0 Å². The van der Waals surface area contributed by atoms with E-state index in [2.05, 4.69) is 20.5 Å². The molecule has 3 aromatic rings. The average molecular weight is 284 g/mol. The van der Waals surface area contributed by atoms with E-state index >= 15 is 0 Å². The van der Waals surface area contributed by atoms with Gasteiger partial charge in [0, 0.05) is 12.4 Å². The lowest BCUT2D eigenvalue weighted by Gasteiger charge is -2.01. The van der Waals surface area contributed by atoms with Crippen LogP contribution in [0.15, 0.2) is 53.2 Å². The smallest absolute Gasteiger partial charge is 0.322 e. The highest BCUT2D eigenvalue weighted by molar-refractivity contribution is 6.03. The standard InChI is InChI=1S/C14H9FN4O2/c15-11-6-2-1-5-10(11)12(20)17-14-19-18-13(21-14)9-4-3-7-16-8-9/h1-8H,(H,17,19,20). The predicted octanol–water partition coefficient (Wildman–Crippen LogP) is 2.52. The molecular weight excluding hydrogens is 275 g/mol. The molecule has 1 N–H and O–H groups in total. The van der Waals surface area contributed by atoms with Crippen molar-refractivity contribution in [2.24, 2.45) is 0 Å². The maximum absolute atomic E-state index is 13.5. The minimum Gasteiger partial charge on any atom is -0.403 e. The molecule has 1 amide bonds. The molecular formula is C14H9FN4O2. The summed E-state index contributed by atoms with van der Waals surface area (Å²) in [5, 5.41) is 9.83. The Hall–Kier alpha value is -3.09. The van der Waals surface area contributed by atoms with E-state index < -0.39 is 11.7 Å². The SMILES string of the molecule is O=C(Nc1nnc(-c2cccnc2)o1)c1ccccc1F. The number of hydrogen-bond acceptors (Lipinski definition) is 5. The summed E-state index contributed by atoms with van der Waals surface area (Å²) in [6.07, 6.45) is 3.16. The van der Waals surface area contributed by atoms with Gasteiger partial charge >= 0.3 is 6.01 Å². The third-order valence-corrected chi connectivity index (χ3v) is 2.67. The molecule has 0 fully saturated rings. The fourth-order valence-electron chi connectivity index (χ4n) is 1.69. The summed E-state index contributed by atoms with van der Waals surface area (Å²) in [5.74, 6) is -1.07. The molecule has 2 heterocycles. The van der Waals surface area contributed by atoms with E-state index in [1.807, 2.05) is 0 Å². The van der Waals surface area contributed by atoms with Crippen molar-refractivity contribution in [1.29, 1.82) is 0 Å². The van der Waals surface area contributed by atoms with Gasteiger partial charge in [-0.15, -0.1) is 5.10 Å². The lowest BCUT2D eigenvalue weighted by Crippen LogP contribution is -2.13. The van der Waals surface area contributed by atoms with Crippen LogP contribution < -0.4 is 5.32 Å². The molecule has 0 aliphatic heterocycles. The molecule has 7 heteroatoms. The van der Waals surface area contributed by atoms with E-state index in [0.29, 0.717) is 5.56 Å². The lowest BCUT2D eigenvalue weighted by atomic mass is 10.2. The summed E-state index contributed by atoms with van der Waals surface area (Å²) in [7, 11) is 0. The molecule has 21 heavy (non-hydrogen) atoms. The summed E-state index contributed by atoms with van der Waals surface area (Å²) >= 11 is 0. The second kappa shape index (κ2) is 5.49. The first-order valence-corrected chi connectivity index (χ1v) is 6.04. The normalized spacial score (nSPS) is 10.3. The van der Waals surface area contributed by atoms with E-state index in [1.165, 1.54) is 18.2 Å². The Morgan fingerprint density at radius 1 is 1.14 bits per heavy atom. The van der Waals surface area contributed by atoms with Crippen LogP contribution in [-0.2, 0) is 0 Å². The maximum atomic E-state index is 13.5. The van der Waals surface area contributed by atoms with Gasteiger partial charge < -0.3 is 4.42 Å². The van der Waals surface area contributed by atoms with E-state index in [1.54, 1.807) is 30.6 Å². The van der Waals surface area contributed by atoms with E-state index in [-0.39, 0.29) is 17.5 Å². The molecule has 1 aromatic carbocycles. The number of anilines is 1. The number of halogens is 1. The monoisotopic (exact) mass is 284 g/mol. The number of nitrogens with one attached hydrogen (secondary N) is 1. The van der Waals surface area contributed by atoms with Gasteiger partial charge in [0.05, 0.1) is 11.1 Å². The molecule has 3 rings (SSSR count). The van der Waals surface area contributed by atoms with Crippen molar-refractivity contribution in [2.75, 3.05) is 5.32 Å². The van der Waals surface area contributed by atoms with Crippen molar-refractivity contribution in [1.82, 2.24) is 15.2 Å². The first-order chi connectivity index (χ1) is 10.2. The van der Waals surface area contributed by atoms with Gasteiger partial charge in [-0.1, -0.05) is 17.2 Å². The van der Waals surface area contributed by atoms with Crippen molar-refractivity contribution >= 4 is 11.9 Å². The second-order valence-electron chi connectivity index (χ2n) is 4.09. The van der Waals surface area contributed by atoms with Crippen LogP contribution in [0.3, 0.4) is 0 Å². The summed E-state index contributed by atoms with van der Waals surface area (Å²) < 4.78 is 18.8. The van der Waals surface area contributed by atoms with Crippen molar-refractivity contribution in [2.45, 2.75) is 0 Å². The third kappa shape index (κ3) is 2.76. The van der Waals surface area contributed by atoms with Gasteiger partial charge in [-0.05, 0) is 24.3 Å². The van der Waals surface area contributed by atoms with Gasteiger partial charge in [-0.2, -0.15) is 0 Å². The molecule has 2 aromatic heterocycles. The van der Waals surface area contributed by atoms with Crippen LogP contribution >= 0.6 is 0 Å². The summed E-state index contributed by atoms with van der Waals surface area (Å²) in [5.41, 5.74) is 0.523. The Morgan fingerprint density at radius 2 is 2.00 bits per heavy atom. The maximum Gasteiger partial charge on any atom is 0.322 e. The second-order valence-corrected chi connectivity index (χ2v) is 4.09. The first kappa shape index (κ1) is 12.9. The highest BCUT2D eigenvalue weighted by Crippen LogP contribution is 2.19. The molecule has 0 aliphatic carbocycles. The van der Waals surface area contributed by atoms with Crippen LogP contribution in [0.25, 0.3) is 11.5 Å². The third-order valence-electron chi connectivity index (χ3n) is 2.67. The number of hydrogen-bond donors (Lipinski definition) is 1. The predicted molar refractivity (Wildman–Crippen MR) is 71.9 cm³/mol. The zero-order valence-electron chi connectivity index (χ0n) is 10.7. The lowest BCUT2D eigenvalue weighted by molar-refractivity contribution is 0.102. The van der Waals surface area contributed by atoms with Crippen LogP contribution in [0.4, 0.5) is 10.4 Å². The number of amides is 1. The Balaban J connectivity index is 1.79.